The summed E-state index contributed by atoms with van der Waals surface area (Å²) < 4.78 is 11.8. The Bertz CT molecular complexity index is 1170. The molecule has 1 saturated carbocycles. The summed E-state index contributed by atoms with van der Waals surface area (Å²) in [6.07, 6.45) is 3.24. The Kier molecular flexibility index (Phi) is 7.63. The minimum atomic E-state index is -1.59. The molecule has 1 aliphatic carbocycles. The monoisotopic (exact) mass is 484 g/mol. The number of hydrogen-bond acceptors (Lipinski definition) is 4. The van der Waals surface area contributed by atoms with Crippen LogP contribution in [0.4, 0.5) is 0 Å². The maximum atomic E-state index is 14.2. The maximum Gasteiger partial charge on any atom is 0.328 e. The molecule has 0 spiro atoms. The molecule has 1 fully saturated rings. The molecule has 1 aliphatic rings. The fourth-order valence-electron chi connectivity index (χ4n) is 5.75. The molecule has 0 amide bonds. The highest BCUT2D eigenvalue weighted by Gasteiger charge is 2.48. The molecular weight excluding hydrogens is 448 g/mol. The van der Waals surface area contributed by atoms with Crippen molar-refractivity contribution in [1.29, 1.82) is 0 Å². The topological polar surface area (TPSA) is 52.6 Å². The first-order valence-corrected chi connectivity index (χ1v) is 12.8. The van der Waals surface area contributed by atoms with E-state index in [-0.39, 0.29) is 17.4 Å². The van der Waals surface area contributed by atoms with Crippen molar-refractivity contribution in [1.82, 2.24) is 0 Å². The van der Waals surface area contributed by atoms with E-state index >= 15 is 0 Å². The number of rotatable bonds is 8. The zero-order chi connectivity index (χ0) is 25.8. The third-order valence-electron chi connectivity index (χ3n) is 8.01. The molecule has 0 radical (unpaired) electrons. The fraction of sp³-hybridized carbons (Fsp3) is 0.375. The van der Waals surface area contributed by atoms with Gasteiger partial charge in [0.05, 0.1) is 7.11 Å². The normalized spacial score (nSPS) is 21.7. The van der Waals surface area contributed by atoms with Crippen LogP contribution in [0.3, 0.4) is 0 Å². The number of carbonyl (C=O) groups is 2. The molecule has 188 valence electrons. The van der Waals surface area contributed by atoms with Crippen molar-refractivity contribution in [3.8, 4) is 5.75 Å². The Hall–Kier alpha value is -3.40. The number of carbonyl (C=O) groups excluding carboxylic acids is 2. The predicted octanol–water partition coefficient (Wildman–Crippen LogP) is 6.51. The van der Waals surface area contributed by atoms with Crippen LogP contribution in [0.15, 0.2) is 84.9 Å². The number of ether oxygens (including phenoxy) is 2. The van der Waals surface area contributed by atoms with E-state index in [0.717, 1.165) is 25.5 Å². The highest BCUT2D eigenvalue weighted by Crippen LogP contribution is 2.45. The van der Waals surface area contributed by atoms with Gasteiger partial charge in [-0.2, -0.15) is 0 Å². The summed E-state index contributed by atoms with van der Waals surface area (Å²) in [4.78, 5) is 27.1. The van der Waals surface area contributed by atoms with E-state index in [0.29, 0.717) is 22.8 Å². The van der Waals surface area contributed by atoms with Gasteiger partial charge >= 0.3 is 5.97 Å². The molecule has 0 aromatic heterocycles. The highest BCUT2D eigenvalue weighted by molar-refractivity contribution is 6.04. The minimum absolute atomic E-state index is 0.130. The lowest BCUT2D eigenvalue weighted by Crippen LogP contribution is -2.48. The summed E-state index contributed by atoms with van der Waals surface area (Å²) in [6, 6.07) is 26.7. The van der Waals surface area contributed by atoms with Crippen LogP contribution < -0.4 is 4.74 Å². The Labute approximate surface area is 214 Å². The number of benzene rings is 3. The summed E-state index contributed by atoms with van der Waals surface area (Å²) in [5.74, 6) is 0.608. The van der Waals surface area contributed by atoms with Crippen LogP contribution in [0, 0.1) is 11.8 Å². The van der Waals surface area contributed by atoms with Gasteiger partial charge in [0, 0.05) is 5.92 Å². The zero-order valence-electron chi connectivity index (χ0n) is 21.6. The van der Waals surface area contributed by atoms with Crippen molar-refractivity contribution in [3.63, 3.8) is 0 Å². The first kappa shape index (κ1) is 25.7. The van der Waals surface area contributed by atoms with Gasteiger partial charge in [0.1, 0.15) is 18.1 Å². The van der Waals surface area contributed by atoms with Crippen LogP contribution in [0.2, 0.25) is 0 Å². The molecule has 3 aromatic carbocycles. The van der Waals surface area contributed by atoms with Gasteiger partial charge < -0.3 is 14.3 Å². The van der Waals surface area contributed by atoms with E-state index < -0.39 is 11.4 Å². The molecule has 0 bridgehead atoms. The Morgan fingerprint density at radius 2 is 1.47 bits per heavy atom. The SMILES string of the molecule is COc1cccc([C@](C=O)(C(=O)O[C@@H]2C[C@H](C)CC[C@H]2C(C)(C)c2ccccc2)c2ccccc2)c1. The Morgan fingerprint density at radius 3 is 2.08 bits per heavy atom. The molecular formula is C32H36O4. The second kappa shape index (κ2) is 10.7. The first-order chi connectivity index (χ1) is 17.3. The largest absolute Gasteiger partial charge is 0.497 e. The average molecular weight is 485 g/mol. The van der Waals surface area contributed by atoms with Crippen molar-refractivity contribution in [2.45, 2.75) is 57.0 Å². The molecule has 0 N–H and O–H groups in total. The van der Waals surface area contributed by atoms with Crippen molar-refractivity contribution in [3.05, 3.63) is 102 Å². The van der Waals surface area contributed by atoms with Crippen LogP contribution in [0.25, 0.3) is 0 Å². The number of aldehydes is 1. The summed E-state index contributed by atoms with van der Waals surface area (Å²) in [5.41, 5.74) is 0.566. The van der Waals surface area contributed by atoms with Crippen molar-refractivity contribution in [2.24, 2.45) is 11.8 Å². The molecule has 4 rings (SSSR count). The highest BCUT2D eigenvalue weighted by atomic mass is 16.5. The van der Waals surface area contributed by atoms with E-state index in [4.69, 9.17) is 9.47 Å². The fourth-order valence-corrected chi connectivity index (χ4v) is 5.75. The standard InChI is InChI=1S/C32H36O4/c1-23-18-19-28(31(2,3)24-12-7-5-8-13-24)29(20-23)36-30(34)32(22-33,25-14-9-6-10-15-25)26-16-11-17-27(21-26)35-4/h5-17,21-23,28-29H,18-20H2,1-4H3/t23-,28-,29-,32-/m1/s1. The molecule has 4 atom stereocenters. The van der Waals surface area contributed by atoms with E-state index in [1.54, 1.807) is 31.4 Å². The first-order valence-electron chi connectivity index (χ1n) is 12.8. The summed E-state index contributed by atoms with van der Waals surface area (Å²) in [6.45, 7) is 6.67. The lowest BCUT2D eigenvalue weighted by molar-refractivity contribution is -0.162. The Balaban J connectivity index is 1.76. The van der Waals surface area contributed by atoms with Crippen LogP contribution in [-0.4, -0.2) is 25.5 Å². The van der Waals surface area contributed by atoms with E-state index in [2.05, 4.69) is 45.0 Å². The van der Waals surface area contributed by atoms with Gasteiger partial charge in [-0.05, 0) is 53.0 Å². The molecule has 4 nitrogen and oxygen atoms in total. The molecule has 4 heteroatoms. The Morgan fingerprint density at radius 1 is 0.861 bits per heavy atom. The third kappa shape index (κ3) is 4.82. The summed E-state index contributed by atoms with van der Waals surface area (Å²) in [5, 5.41) is 0. The summed E-state index contributed by atoms with van der Waals surface area (Å²) in [7, 11) is 1.57. The number of esters is 1. The van der Waals surface area contributed by atoms with E-state index in [1.807, 2.05) is 36.4 Å². The van der Waals surface area contributed by atoms with E-state index in [1.165, 1.54) is 5.56 Å². The molecule has 0 unspecified atom stereocenters. The quantitative estimate of drug-likeness (QED) is 0.208. The van der Waals surface area contributed by atoms with Gasteiger partial charge in [0.15, 0.2) is 5.41 Å². The smallest absolute Gasteiger partial charge is 0.328 e. The lowest BCUT2D eigenvalue weighted by Gasteiger charge is -2.44. The molecule has 0 aliphatic heterocycles. The van der Waals surface area contributed by atoms with E-state index in [9.17, 15) is 9.59 Å². The summed E-state index contributed by atoms with van der Waals surface area (Å²) >= 11 is 0. The molecule has 3 aromatic rings. The van der Waals surface area contributed by atoms with Gasteiger partial charge in [-0.15, -0.1) is 0 Å². The van der Waals surface area contributed by atoms with Crippen LogP contribution >= 0.6 is 0 Å². The number of hydrogen-bond donors (Lipinski definition) is 0. The average Bonchev–Trinajstić information content (AvgIpc) is 2.90. The van der Waals surface area contributed by atoms with Gasteiger partial charge in [-0.1, -0.05) is 100.0 Å². The molecule has 0 heterocycles. The van der Waals surface area contributed by atoms with Crippen LogP contribution in [-0.2, 0) is 25.2 Å². The maximum absolute atomic E-state index is 14.2. The van der Waals surface area contributed by atoms with Crippen LogP contribution in [0.5, 0.6) is 5.75 Å². The third-order valence-corrected chi connectivity index (χ3v) is 8.01. The lowest BCUT2D eigenvalue weighted by atomic mass is 9.64. The van der Waals surface area contributed by atoms with Gasteiger partial charge in [0.2, 0.25) is 0 Å². The molecule has 0 saturated heterocycles. The number of methoxy groups -OCH3 is 1. The van der Waals surface area contributed by atoms with Gasteiger partial charge in [-0.3, -0.25) is 4.79 Å². The van der Waals surface area contributed by atoms with Crippen LogP contribution in [0.1, 0.15) is 56.7 Å². The second-order valence-electron chi connectivity index (χ2n) is 10.6. The van der Waals surface area contributed by atoms with Crippen molar-refractivity contribution >= 4 is 12.3 Å². The second-order valence-corrected chi connectivity index (χ2v) is 10.6. The van der Waals surface area contributed by atoms with Crippen molar-refractivity contribution in [2.75, 3.05) is 7.11 Å². The van der Waals surface area contributed by atoms with Crippen molar-refractivity contribution < 1.29 is 19.1 Å². The van der Waals surface area contributed by atoms with Gasteiger partial charge in [0.25, 0.3) is 0 Å². The van der Waals surface area contributed by atoms with Gasteiger partial charge in [-0.25, -0.2) is 0 Å². The zero-order valence-corrected chi connectivity index (χ0v) is 21.6. The predicted molar refractivity (Wildman–Crippen MR) is 142 cm³/mol. The minimum Gasteiger partial charge on any atom is -0.497 e. The molecule has 36 heavy (non-hydrogen) atoms.